The van der Waals surface area contributed by atoms with Crippen molar-refractivity contribution in [2.45, 2.75) is 17.1 Å². The second kappa shape index (κ2) is 7.60. The summed E-state index contributed by atoms with van der Waals surface area (Å²) >= 11 is 6.58. The molecular weight excluding hydrogens is 380 g/mol. The molecule has 0 unspecified atom stereocenters. The van der Waals surface area contributed by atoms with Gasteiger partial charge in [0.1, 0.15) is 10.8 Å². The number of imide groups is 1. The Morgan fingerprint density at radius 3 is 2.67 bits per heavy atom. The standard InChI is InChI=1S/C13H15ClN2O6S2/c1-15(24(20,21)13-5-4-9(14)23-13)7-12(19)22-8-11(18)16-6-2-3-10(16)17/h4-5H,2-3,6-8H2,1H3. The van der Waals surface area contributed by atoms with Crippen LogP contribution in [0.4, 0.5) is 0 Å². The number of sulfonamides is 1. The van der Waals surface area contributed by atoms with E-state index in [0.717, 1.165) is 20.5 Å². The number of rotatable bonds is 6. The van der Waals surface area contributed by atoms with Gasteiger partial charge in [-0.25, -0.2) is 8.42 Å². The molecule has 132 valence electrons. The summed E-state index contributed by atoms with van der Waals surface area (Å²) in [6.45, 7) is -0.842. The Balaban J connectivity index is 1.87. The van der Waals surface area contributed by atoms with Gasteiger partial charge in [-0.15, -0.1) is 11.3 Å². The van der Waals surface area contributed by atoms with E-state index in [9.17, 15) is 22.8 Å². The van der Waals surface area contributed by atoms with Gasteiger partial charge in [0.25, 0.3) is 15.9 Å². The maximum absolute atomic E-state index is 12.2. The fourth-order valence-corrected chi connectivity index (χ4v) is 4.84. The van der Waals surface area contributed by atoms with Gasteiger partial charge in [0, 0.05) is 20.0 Å². The highest BCUT2D eigenvalue weighted by Gasteiger charge is 2.28. The minimum Gasteiger partial charge on any atom is -0.455 e. The normalized spacial score (nSPS) is 15.1. The van der Waals surface area contributed by atoms with E-state index in [1.165, 1.54) is 19.2 Å². The Hall–Kier alpha value is -1.49. The lowest BCUT2D eigenvalue weighted by atomic mass is 10.4. The van der Waals surface area contributed by atoms with E-state index in [1.807, 2.05) is 0 Å². The first-order valence-corrected chi connectivity index (χ1v) is 9.56. The number of hydrogen-bond acceptors (Lipinski definition) is 7. The number of thiophene rings is 1. The van der Waals surface area contributed by atoms with Crippen LogP contribution in [-0.4, -0.2) is 62.2 Å². The van der Waals surface area contributed by atoms with Gasteiger partial charge in [-0.2, -0.15) is 4.31 Å². The molecule has 2 amide bonds. The summed E-state index contributed by atoms with van der Waals surface area (Å²) in [5.74, 6) is -1.80. The van der Waals surface area contributed by atoms with Crippen LogP contribution in [0.1, 0.15) is 12.8 Å². The molecule has 24 heavy (non-hydrogen) atoms. The number of hydrogen-bond donors (Lipinski definition) is 0. The lowest BCUT2D eigenvalue weighted by Gasteiger charge is -2.16. The predicted molar refractivity (Wildman–Crippen MR) is 86.1 cm³/mol. The summed E-state index contributed by atoms with van der Waals surface area (Å²) < 4.78 is 30.3. The average Bonchev–Trinajstić information content (AvgIpc) is 3.13. The van der Waals surface area contributed by atoms with E-state index in [-0.39, 0.29) is 10.1 Å². The summed E-state index contributed by atoms with van der Waals surface area (Å²) in [5, 5.41) is 0. The van der Waals surface area contributed by atoms with Crippen LogP contribution in [-0.2, 0) is 29.1 Å². The lowest BCUT2D eigenvalue weighted by Crippen LogP contribution is -2.37. The van der Waals surface area contributed by atoms with Gasteiger partial charge < -0.3 is 4.74 Å². The number of nitrogens with zero attached hydrogens (tertiary/aromatic N) is 2. The molecule has 0 aromatic carbocycles. The first-order chi connectivity index (χ1) is 11.2. The smallest absolute Gasteiger partial charge is 0.321 e. The number of amides is 2. The zero-order valence-corrected chi connectivity index (χ0v) is 15.1. The molecule has 1 saturated heterocycles. The van der Waals surface area contributed by atoms with Crippen LogP contribution in [0.15, 0.2) is 16.3 Å². The number of carbonyl (C=O) groups is 3. The van der Waals surface area contributed by atoms with Crippen molar-refractivity contribution >= 4 is 50.7 Å². The molecule has 0 radical (unpaired) electrons. The quantitative estimate of drug-likeness (QED) is 0.659. The highest BCUT2D eigenvalue weighted by molar-refractivity contribution is 7.91. The van der Waals surface area contributed by atoms with E-state index in [1.54, 1.807) is 0 Å². The van der Waals surface area contributed by atoms with E-state index >= 15 is 0 Å². The lowest BCUT2D eigenvalue weighted by molar-refractivity contribution is -0.154. The van der Waals surface area contributed by atoms with E-state index in [0.29, 0.717) is 23.7 Å². The average molecular weight is 395 g/mol. The fourth-order valence-electron chi connectivity index (χ4n) is 2.03. The molecule has 0 spiro atoms. The molecule has 1 aromatic heterocycles. The third kappa shape index (κ3) is 4.32. The van der Waals surface area contributed by atoms with E-state index < -0.39 is 35.1 Å². The van der Waals surface area contributed by atoms with Crippen LogP contribution in [0.3, 0.4) is 0 Å². The number of likely N-dealkylation sites (N-methyl/N-ethyl adjacent to an activating group) is 1. The summed E-state index contributed by atoms with van der Waals surface area (Å²) in [4.78, 5) is 35.9. The van der Waals surface area contributed by atoms with Crippen molar-refractivity contribution in [1.82, 2.24) is 9.21 Å². The van der Waals surface area contributed by atoms with Crippen molar-refractivity contribution in [3.8, 4) is 0 Å². The SMILES string of the molecule is CN(CC(=O)OCC(=O)N1CCCC1=O)S(=O)(=O)c1ccc(Cl)s1. The first-order valence-electron chi connectivity index (χ1n) is 6.92. The molecule has 11 heteroatoms. The first kappa shape index (κ1) is 18.8. The summed E-state index contributed by atoms with van der Waals surface area (Å²) in [6, 6.07) is 2.78. The molecule has 1 aliphatic heterocycles. The van der Waals surface area contributed by atoms with Gasteiger partial charge in [-0.05, 0) is 18.6 Å². The number of halogens is 1. The van der Waals surface area contributed by atoms with Gasteiger partial charge >= 0.3 is 5.97 Å². The highest BCUT2D eigenvalue weighted by Crippen LogP contribution is 2.27. The van der Waals surface area contributed by atoms with Crippen molar-refractivity contribution in [2.75, 3.05) is 26.7 Å². The van der Waals surface area contributed by atoms with E-state index in [2.05, 4.69) is 0 Å². The van der Waals surface area contributed by atoms with Crippen LogP contribution < -0.4 is 0 Å². The van der Waals surface area contributed by atoms with Crippen LogP contribution in [0.5, 0.6) is 0 Å². The number of carbonyl (C=O) groups excluding carboxylic acids is 3. The van der Waals surface area contributed by atoms with Gasteiger partial charge in [-0.1, -0.05) is 11.6 Å². The minimum atomic E-state index is -3.86. The molecule has 1 aromatic rings. The molecule has 0 aliphatic carbocycles. The monoisotopic (exact) mass is 394 g/mol. The summed E-state index contributed by atoms with van der Waals surface area (Å²) in [6.07, 6.45) is 0.882. The number of esters is 1. The third-order valence-corrected chi connectivity index (χ3v) is 6.80. The van der Waals surface area contributed by atoms with Crippen molar-refractivity contribution < 1.29 is 27.5 Å². The van der Waals surface area contributed by atoms with Crippen molar-refractivity contribution in [1.29, 1.82) is 0 Å². The Kier molecular flexibility index (Phi) is 5.97. The minimum absolute atomic E-state index is 0.00143. The molecule has 0 bridgehead atoms. The van der Waals surface area contributed by atoms with Crippen LogP contribution in [0, 0.1) is 0 Å². The molecule has 8 nitrogen and oxygen atoms in total. The fraction of sp³-hybridized carbons (Fsp3) is 0.462. The van der Waals surface area contributed by atoms with Gasteiger partial charge in [0.2, 0.25) is 5.91 Å². The molecular formula is C13H15ClN2O6S2. The maximum atomic E-state index is 12.2. The van der Waals surface area contributed by atoms with Crippen LogP contribution in [0.25, 0.3) is 0 Å². The molecule has 2 rings (SSSR count). The largest absolute Gasteiger partial charge is 0.455 e. The Morgan fingerprint density at radius 2 is 2.12 bits per heavy atom. The second-order valence-corrected chi connectivity index (χ2v) is 9.01. The summed E-state index contributed by atoms with van der Waals surface area (Å²) in [5.41, 5.74) is 0. The number of likely N-dealkylation sites (tertiary alicyclic amines) is 1. The zero-order valence-electron chi connectivity index (χ0n) is 12.7. The Labute approximate surface area is 148 Å². The van der Waals surface area contributed by atoms with Crippen molar-refractivity contribution in [3.63, 3.8) is 0 Å². The van der Waals surface area contributed by atoms with Crippen molar-refractivity contribution in [3.05, 3.63) is 16.5 Å². The Morgan fingerprint density at radius 1 is 1.42 bits per heavy atom. The second-order valence-electron chi connectivity index (χ2n) is 5.02. The maximum Gasteiger partial charge on any atom is 0.321 e. The molecule has 2 heterocycles. The van der Waals surface area contributed by atoms with Crippen LogP contribution >= 0.6 is 22.9 Å². The molecule has 1 aliphatic rings. The van der Waals surface area contributed by atoms with Gasteiger partial charge in [0.05, 0.1) is 4.34 Å². The van der Waals surface area contributed by atoms with E-state index in [4.69, 9.17) is 16.3 Å². The Bertz CT molecular complexity index is 760. The highest BCUT2D eigenvalue weighted by atomic mass is 35.5. The van der Waals surface area contributed by atoms with Gasteiger partial charge in [-0.3, -0.25) is 19.3 Å². The van der Waals surface area contributed by atoms with Crippen LogP contribution in [0.2, 0.25) is 4.34 Å². The molecule has 0 saturated carbocycles. The molecule has 0 atom stereocenters. The van der Waals surface area contributed by atoms with Gasteiger partial charge in [0.15, 0.2) is 6.61 Å². The molecule has 0 N–H and O–H groups in total. The predicted octanol–water partition coefficient (Wildman–Crippen LogP) is 0.714. The van der Waals surface area contributed by atoms with Crippen molar-refractivity contribution in [2.24, 2.45) is 0 Å². The topological polar surface area (TPSA) is 101 Å². The number of ether oxygens (including phenoxy) is 1. The third-order valence-electron chi connectivity index (χ3n) is 3.30. The zero-order chi connectivity index (χ0) is 17.9. The molecule has 1 fully saturated rings. The summed E-state index contributed by atoms with van der Waals surface area (Å²) in [7, 11) is -2.64.